The zero-order valence-corrected chi connectivity index (χ0v) is 14.5. The van der Waals surface area contributed by atoms with Crippen LogP contribution < -0.4 is 4.57 Å². The summed E-state index contributed by atoms with van der Waals surface area (Å²) in [6.07, 6.45) is 8.45. The van der Waals surface area contributed by atoms with Crippen molar-refractivity contribution in [3.63, 3.8) is 0 Å². The van der Waals surface area contributed by atoms with Gasteiger partial charge in [0.15, 0.2) is 0 Å². The molecular weight excluding hydrogens is 260 g/mol. The van der Waals surface area contributed by atoms with Gasteiger partial charge in [-0.15, -0.1) is 0 Å². The number of aromatic nitrogens is 2. The summed E-state index contributed by atoms with van der Waals surface area (Å²) in [5.41, 5.74) is 1.35. The van der Waals surface area contributed by atoms with E-state index in [0.29, 0.717) is 0 Å². The molecule has 1 aromatic rings. The first kappa shape index (κ1) is 16.4. The van der Waals surface area contributed by atoms with Crippen LogP contribution in [0, 0.1) is 0 Å². The summed E-state index contributed by atoms with van der Waals surface area (Å²) in [4.78, 5) is 4.26. The Morgan fingerprint density at radius 2 is 1.86 bits per heavy atom. The van der Waals surface area contributed by atoms with E-state index in [9.17, 15) is 0 Å². The first-order chi connectivity index (χ1) is 9.83. The first-order valence-electron chi connectivity index (χ1n) is 8.30. The molecular formula is C17H33N4+3. The quantitative estimate of drug-likeness (QED) is 0.588. The molecule has 0 saturated carbocycles. The lowest BCUT2D eigenvalue weighted by Gasteiger charge is -2.48. The summed E-state index contributed by atoms with van der Waals surface area (Å²) in [5, 5.41) is 0. The third-order valence-corrected chi connectivity index (χ3v) is 5.57. The molecule has 1 fully saturated rings. The highest BCUT2D eigenvalue weighted by Gasteiger charge is 2.38. The Morgan fingerprint density at radius 1 is 1.19 bits per heavy atom. The SMILES string of the molecule is CC(C)[N+]1(C)CC[N+](C)(CCCc2cnc[n+](C)c2)CC1. The molecule has 0 amide bonds. The van der Waals surface area contributed by atoms with Gasteiger partial charge in [0, 0.05) is 12.0 Å². The first-order valence-corrected chi connectivity index (χ1v) is 8.30. The van der Waals surface area contributed by atoms with Crippen molar-refractivity contribution in [2.45, 2.75) is 32.7 Å². The molecule has 0 bridgehead atoms. The van der Waals surface area contributed by atoms with Crippen LogP contribution in [0.4, 0.5) is 0 Å². The molecule has 0 aliphatic carbocycles. The summed E-state index contributed by atoms with van der Waals surface area (Å²) >= 11 is 0. The van der Waals surface area contributed by atoms with Gasteiger partial charge in [0.05, 0.1) is 39.9 Å². The van der Waals surface area contributed by atoms with Crippen LogP contribution >= 0.6 is 0 Å². The zero-order valence-electron chi connectivity index (χ0n) is 14.5. The summed E-state index contributed by atoms with van der Waals surface area (Å²) in [5.74, 6) is 0. The average molecular weight is 293 g/mol. The summed E-state index contributed by atoms with van der Waals surface area (Å²) in [6, 6.07) is 0.745. The molecule has 0 radical (unpaired) electrons. The third-order valence-electron chi connectivity index (χ3n) is 5.57. The molecule has 0 atom stereocenters. The van der Waals surface area contributed by atoms with Gasteiger partial charge in [0.25, 0.3) is 6.33 Å². The number of quaternary nitrogens is 2. The molecule has 1 saturated heterocycles. The van der Waals surface area contributed by atoms with E-state index in [-0.39, 0.29) is 0 Å². The number of piperazine rings is 1. The van der Waals surface area contributed by atoms with Crippen molar-refractivity contribution in [3.8, 4) is 0 Å². The van der Waals surface area contributed by atoms with E-state index < -0.39 is 0 Å². The lowest BCUT2D eigenvalue weighted by molar-refractivity contribution is -1.02. The number of rotatable bonds is 5. The van der Waals surface area contributed by atoms with Crippen LogP contribution in [0.1, 0.15) is 25.8 Å². The van der Waals surface area contributed by atoms with Crippen molar-refractivity contribution in [3.05, 3.63) is 24.3 Å². The standard InChI is InChI=1S/C17H33N4/c1-16(2)21(5)11-9-20(4,10-12-21)8-6-7-17-13-18-15-19(3)14-17/h13-16H,6-12H2,1-5H3/q+3. The molecule has 1 aliphatic rings. The Labute approximate surface area is 130 Å². The molecule has 0 unspecified atom stereocenters. The maximum absolute atomic E-state index is 4.26. The molecule has 2 heterocycles. The van der Waals surface area contributed by atoms with Crippen LogP contribution in [-0.4, -0.2) is 66.8 Å². The van der Waals surface area contributed by atoms with E-state index in [4.69, 9.17) is 0 Å². The summed E-state index contributed by atoms with van der Waals surface area (Å²) in [7, 11) is 6.90. The van der Waals surface area contributed by atoms with E-state index in [0.717, 1.165) is 12.5 Å². The van der Waals surface area contributed by atoms with Crippen molar-refractivity contribution in [1.82, 2.24) is 4.98 Å². The minimum absolute atomic E-state index is 0.745. The highest BCUT2D eigenvalue weighted by Crippen LogP contribution is 2.19. The van der Waals surface area contributed by atoms with Gasteiger partial charge in [0.2, 0.25) is 0 Å². The Bertz CT molecular complexity index is 462. The second-order valence-electron chi connectivity index (χ2n) is 7.68. The lowest BCUT2D eigenvalue weighted by atomic mass is 10.1. The van der Waals surface area contributed by atoms with Crippen LogP contribution in [0.25, 0.3) is 0 Å². The van der Waals surface area contributed by atoms with Gasteiger partial charge in [-0.1, -0.05) is 4.98 Å². The largest absolute Gasteiger partial charge is 0.317 e. The van der Waals surface area contributed by atoms with E-state index >= 15 is 0 Å². The van der Waals surface area contributed by atoms with Gasteiger partial charge < -0.3 is 8.97 Å². The smallest absolute Gasteiger partial charge is 0.285 e. The fourth-order valence-electron chi connectivity index (χ4n) is 3.26. The molecule has 1 aromatic heterocycles. The summed E-state index contributed by atoms with van der Waals surface area (Å²) < 4.78 is 4.53. The van der Waals surface area contributed by atoms with Crippen LogP contribution in [0.2, 0.25) is 0 Å². The van der Waals surface area contributed by atoms with E-state index in [1.54, 1.807) is 0 Å². The summed E-state index contributed by atoms with van der Waals surface area (Å²) in [6.45, 7) is 11.3. The van der Waals surface area contributed by atoms with Gasteiger partial charge >= 0.3 is 0 Å². The fourth-order valence-corrected chi connectivity index (χ4v) is 3.26. The molecule has 2 rings (SSSR count). The van der Waals surface area contributed by atoms with Crippen LogP contribution in [0.3, 0.4) is 0 Å². The minimum atomic E-state index is 0.745. The Hall–Kier alpha value is -1.00. The molecule has 21 heavy (non-hydrogen) atoms. The second-order valence-corrected chi connectivity index (χ2v) is 7.68. The number of aryl methyl sites for hydroxylation is 2. The monoisotopic (exact) mass is 293 g/mol. The molecule has 118 valence electrons. The molecule has 0 aromatic carbocycles. The Kier molecular flexibility index (Phi) is 4.99. The maximum Gasteiger partial charge on any atom is 0.285 e. The average Bonchev–Trinajstić information content (AvgIpc) is 2.43. The van der Waals surface area contributed by atoms with Gasteiger partial charge in [-0.25, -0.2) is 4.57 Å². The topological polar surface area (TPSA) is 16.8 Å². The van der Waals surface area contributed by atoms with Crippen molar-refractivity contribution in [2.75, 3.05) is 46.8 Å². The fraction of sp³-hybridized carbons (Fsp3) is 0.765. The zero-order chi connectivity index (χ0) is 15.5. The van der Waals surface area contributed by atoms with Gasteiger partial charge in [-0.2, -0.15) is 0 Å². The molecule has 4 nitrogen and oxygen atoms in total. The second kappa shape index (κ2) is 6.41. The van der Waals surface area contributed by atoms with Crippen LogP contribution in [0.5, 0.6) is 0 Å². The maximum atomic E-state index is 4.26. The molecule has 4 heteroatoms. The minimum Gasteiger partial charge on any atom is -0.317 e. The highest BCUT2D eigenvalue weighted by atomic mass is 15.5. The molecule has 0 N–H and O–H groups in total. The normalized spacial score (nSPS) is 29.8. The third kappa shape index (κ3) is 4.24. The number of nitrogens with zero attached hydrogens (tertiary/aromatic N) is 4. The number of hydrogen-bond donors (Lipinski definition) is 0. The van der Waals surface area contributed by atoms with Crippen molar-refractivity contribution < 1.29 is 13.5 Å². The lowest BCUT2D eigenvalue weighted by Crippen LogP contribution is -2.66. The van der Waals surface area contributed by atoms with Gasteiger partial charge in [0.1, 0.15) is 32.4 Å². The van der Waals surface area contributed by atoms with Crippen molar-refractivity contribution in [2.24, 2.45) is 7.05 Å². The van der Waals surface area contributed by atoms with E-state index in [1.165, 1.54) is 53.7 Å². The predicted molar refractivity (Wildman–Crippen MR) is 85.6 cm³/mol. The van der Waals surface area contributed by atoms with Gasteiger partial charge in [-0.05, 0) is 20.3 Å². The molecule has 0 spiro atoms. The van der Waals surface area contributed by atoms with Crippen molar-refractivity contribution >= 4 is 0 Å². The van der Waals surface area contributed by atoms with Crippen LogP contribution in [0.15, 0.2) is 18.7 Å². The van der Waals surface area contributed by atoms with Gasteiger partial charge in [-0.3, -0.25) is 0 Å². The van der Waals surface area contributed by atoms with E-state index in [2.05, 4.69) is 39.1 Å². The number of hydrogen-bond acceptors (Lipinski definition) is 1. The predicted octanol–water partition coefficient (Wildman–Crippen LogP) is 1.15. The Morgan fingerprint density at radius 3 is 2.43 bits per heavy atom. The highest BCUT2D eigenvalue weighted by molar-refractivity contribution is 4.99. The van der Waals surface area contributed by atoms with Crippen LogP contribution in [-0.2, 0) is 13.5 Å². The van der Waals surface area contributed by atoms with E-state index in [1.807, 2.05) is 24.1 Å². The molecule has 1 aliphatic heterocycles. The number of likely N-dealkylation sites (N-methyl/N-ethyl adjacent to an activating group) is 2. The van der Waals surface area contributed by atoms with Crippen molar-refractivity contribution in [1.29, 1.82) is 0 Å². The Balaban J connectivity index is 1.81.